The van der Waals surface area contributed by atoms with Crippen molar-refractivity contribution in [1.82, 2.24) is 30.4 Å². The van der Waals surface area contributed by atoms with Crippen molar-refractivity contribution < 1.29 is 29.0 Å². The molecule has 3 N–H and O–H groups in total. The molecule has 0 bridgehead atoms. The summed E-state index contributed by atoms with van der Waals surface area (Å²) in [6.45, 7) is 3.84. The van der Waals surface area contributed by atoms with Crippen LogP contribution in [0.3, 0.4) is 0 Å². The zero-order chi connectivity index (χ0) is 27.1. The van der Waals surface area contributed by atoms with Crippen LogP contribution in [0.2, 0.25) is 0 Å². The largest absolute Gasteiger partial charge is 0.501 e. The van der Waals surface area contributed by atoms with E-state index in [2.05, 4.69) is 25.8 Å². The van der Waals surface area contributed by atoms with Crippen LogP contribution in [0.1, 0.15) is 57.8 Å². The van der Waals surface area contributed by atoms with Gasteiger partial charge in [-0.05, 0) is 31.5 Å². The molecule has 0 radical (unpaired) electrons. The monoisotopic (exact) mass is 448 g/mol. The van der Waals surface area contributed by atoms with Crippen LogP contribution in [0.4, 0.5) is 4.39 Å². The molecular weight excluding hydrogens is 423 g/mol. The van der Waals surface area contributed by atoms with Gasteiger partial charge in [0.05, 0.1) is 11.0 Å². The highest BCUT2D eigenvalue weighted by molar-refractivity contribution is 5.94. The fourth-order valence-corrected chi connectivity index (χ4v) is 2.75. The van der Waals surface area contributed by atoms with Crippen molar-refractivity contribution in [2.24, 2.45) is 7.05 Å². The molecule has 0 aliphatic heterocycles. The third-order valence-corrected chi connectivity index (χ3v) is 4.26. The van der Waals surface area contributed by atoms with E-state index in [-0.39, 0.29) is 23.2 Å². The summed E-state index contributed by atoms with van der Waals surface area (Å²) >= 11 is 0. The number of aryl methyl sites for hydroxylation is 1. The minimum Gasteiger partial charge on any atom is -0.501 e. The van der Waals surface area contributed by atoms with Crippen LogP contribution in [-0.4, -0.2) is 36.7 Å². The summed E-state index contributed by atoms with van der Waals surface area (Å²) < 4.78 is 50.5. The summed E-state index contributed by atoms with van der Waals surface area (Å²) in [4.78, 5) is 42.0. The zero-order valence-corrected chi connectivity index (χ0v) is 17.5. The molecule has 0 unspecified atom stereocenters. The van der Waals surface area contributed by atoms with Gasteiger partial charge in [-0.25, -0.2) is 9.37 Å². The van der Waals surface area contributed by atoms with Crippen molar-refractivity contribution in [2.45, 2.75) is 32.9 Å². The Morgan fingerprint density at radius 3 is 2.50 bits per heavy atom. The van der Waals surface area contributed by atoms with E-state index in [1.54, 1.807) is 0 Å². The molecule has 0 saturated carbocycles. The molecule has 3 rings (SSSR count). The fourth-order valence-electron chi connectivity index (χ4n) is 2.75. The number of halogens is 1. The maximum absolute atomic E-state index is 13.8. The molecule has 2 amide bonds. The standard InChI is InChI=1S/C20H21FN6O5/c1-10-25-26-17(32-10)16(30)24-20(2,3)19-23-13(14(28)18(31)27(19)4)15(29)22-9-11-5-7-12(21)8-6-11/h5-8,28H,9H2,1-4H3,(H,22,29)(H,24,30)/i5D,6D,7D,8D. The molecule has 0 spiro atoms. The Labute approximate surface area is 186 Å². The third-order valence-electron chi connectivity index (χ3n) is 4.26. The van der Waals surface area contributed by atoms with Crippen molar-refractivity contribution in [2.75, 3.05) is 0 Å². The van der Waals surface area contributed by atoms with E-state index in [4.69, 9.17) is 9.90 Å². The number of carbonyl (C=O) groups is 2. The summed E-state index contributed by atoms with van der Waals surface area (Å²) in [6, 6.07) is -3.22. The maximum atomic E-state index is 13.8. The van der Waals surface area contributed by atoms with Crippen molar-refractivity contribution in [3.05, 3.63) is 69.2 Å². The minimum atomic E-state index is -1.39. The van der Waals surface area contributed by atoms with Gasteiger partial charge in [-0.2, -0.15) is 0 Å². The van der Waals surface area contributed by atoms with Crippen LogP contribution in [0, 0.1) is 12.7 Å². The van der Waals surface area contributed by atoms with Gasteiger partial charge in [-0.1, -0.05) is 12.1 Å². The molecule has 0 aliphatic carbocycles. The van der Waals surface area contributed by atoms with Crippen molar-refractivity contribution in [3.63, 3.8) is 0 Å². The van der Waals surface area contributed by atoms with Gasteiger partial charge in [-0.15, -0.1) is 10.2 Å². The van der Waals surface area contributed by atoms with Crippen molar-refractivity contribution >= 4 is 11.8 Å². The molecule has 0 saturated heterocycles. The molecule has 2 aromatic heterocycles. The normalized spacial score (nSPS) is 13.0. The van der Waals surface area contributed by atoms with Gasteiger partial charge in [0.2, 0.25) is 11.6 Å². The Kier molecular flexibility index (Phi) is 4.71. The topological polar surface area (TPSA) is 152 Å². The van der Waals surface area contributed by atoms with Crippen LogP contribution < -0.4 is 16.2 Å². The van der Waals surface area contributed by atoms with Gasteiger partial charge in [0, 0.05) is 20.5 Å². The van der Waals surface area contributed by atoms with Crippen LogP contribution >= 0.6 is 0 Å². The van der Waals surface area contributed by atoms with Crippen molar-refractivity contribution in [3.8, 4) is 5.75 Å². The molecule has 0 aliphatic rings. The molecule has 2 heterocycles. The Morgan fingerprint density at radius 1 is 1.25 bits per heavy atom. The predicted molar refractivity (Wildman–Crippen MR) is 108 cm³/mol. The van der Waals surface area contributed by atoms with Gasteiger partial charge in [0.25, 0.3) is 11.5 Å². The highest BCUT2D eigenvalue weighted by atomic mass is 19.1. The predicted octanol–water partition coefficient (Wildman–Crippen LogP) is 0.912. The van der Waals surface area contributed by atoms with E-state index < -0.39 is 70.9 Å². The first-order valence-corrected chi connectivity index (χ1v) is 9.13. The zero-order valence-electron chi connectivity index (χ0n) is 21.5. The number of amides is 2. The number of aromatic nitrogens is 4. The van der Waals surface area contributed by atoms with Crippen LogP contribution in [-0.2, 0) is 19.1 Å². The first-order valence-electron chi connectivity index (χ1n) is 11.1. The lowest BCUT2D eigenvalue weighted by atomic mass is 10.0. The van der Waals surface area contributed by atoms with Gasteiger partial charge in [0.1, 0.15) is 11.6 Å². The highest BCUT2D eigenvalue weighted by Crippen LogP contribution is 2.20. The van der Waals surface area contributed by atoms with E-state index in [0.29, 0.717) is 0 Å². The second kappa shape index (κ2) is 8.57. The second-order valence-electron chi connectivity index (χ2n) is 7.18. The number of carbonyl (C=O) groups excluding carboxylic acids is 2. The quantitative estimate of drug-likeness (QED) is 0.503. The third kappa shape index (κ3) is 4.63. The number of benzene rings is 1. The lowest BCUT2D eigenvalue weighted by Crippen LogP contribution is -2.46. The molecule has 3 aromatic rings. The summed E-state index contributed by atoms with van der Waals surface area (Å²) in [7, 11) is 1.26. The van der Waals surface area contributed by atoms with E-state index in [9.17, 15) is 23.9 Å². The Bertz CT molecular complexity index is 1430. The van der Waals surface area contributed by atoms with E-state index in [1.807, 2.05) is 0 Å². The lowest BCUT2D eigenvalue weighted by Gasteiger charge is -2.27. The highest BCUT2D eigenvalue weighted by Gasteiger charge is 2.32. The van der Waals surface area contributed by atoms with Gasteiger partial charge in [-0.3, -0.25) is 19.0 Å². The smallest absolute Gasteiger partial charge is 0.309 e. The molecule has 11 nitrogen and oxygen atoms in total. The Morgan fingerprint density at radius 2 is 1.91 bits per heavy atom. The first-order chi connectivity index (χ1) is 16.7. The van der Waals surface area contributed by atoms with Gasteiger partial charge >= 0.3 is 11.8 Å². The number of hydrogen-bond acceptors (Lipinski definition) is 8. The summed E-state index contributed by atoms with van der Waals surface area (Å²) in [5, 5.41) is 22.2. The van der Waals surface area contributed by atoms with Crippen LogP contribution in [0.5, 0.6) is 5.75 Å². The van der Waals surface area contributed by atoms with E-state index >= 15 is 0 Å². The molecule has 12 heteroatoms. The molecular formula is C20H21FN6O5. The number of nitrogens with one attached hydrogen (secondary N) is 2. The van der Waals surface area contributed by atoms with E-state index in [0.717, 1.165) is 4.57 Å². The SMILES string of the molecule is [2H]c1c([2H])c(CNC(=O)c2nc(C(C)(C)NC(=O)c3nnc(C)o3)n(C)c(=O)c2O)c([2H])c([2H])c1F. The Hall–Kier alpha value is -4.09. The average molecular weight is 448 g/mol. The van der Waals surface area contributed by atoms with Gasteiger partial charge < -0.3 is 20.2 Å². The number of nitrogens with zero attached hydrogens (tertiary/aromatic N) is 4. The average Bonchev–Trinajstić information content (AvgIpc) is 3.26. The van der Waals surface area contributed by atoms with Crippen LogP contribution in [0.25, 0.3) is 0 Å². The molecule has 0 atom stereocenters. The molecule has 32 heavy (non-hydrogen) atoms. The van der Waals surface area contributed by atoms with E-state index in [1.165, 1.54) is 27.8 Å². The number of hydrogen-bond donors (Lipinski definition) is 3. The maximum Gasteiger partial charge on any atom is 0.309 e. The Balaban J connectivity index is 1.94. The van der Waals surface area contributed by atoms with Crippen LogP contribution in [0.15, 0.2) is 33.4 Å². The van der Waals surface area contributed by atoms with Gasteiger partial charge in [0.15, 0.2) is 5.69 Å². The first kappa shape index (κ1) is 17.6. The van der Waals surface area contributed by atoms with Crippen molar-refractivity contribution in [1.29, 1.82) is 0 Å². The number of rotatable bonds is 6. The molecule has 0 fully saturated rings. The molecule has 168 valence electrons. The summed E-state index contributed by atoms with van der Waals surface area (Å²) in [5.41, 5.74) is -3.44. The minimum absolute atomic E-state index is 0.133. The fraction of sp³-hybridized carbons (Fsp3) is 0.300. The second-order valence-corrected chi connectivity index (χ2v) is 7.18. The lowest BCUT2D eigenvalue weighted by molar-refractivity contribution is 0.0869. The summed E-state index contributed by atoms with van der Waals surface area (Å²) in [5.74, 6) is -4.55. The number of aromatic hydroxyl groups is 1. The summed E-state index contributed by atoms with van der Waals surface area (Å²) in [6.07, 6.45) is 0. The molecule has 1 aromatic carbocycles.